The fraction of sp³-hybridized carbons (Fsp3) is 0.0500. The molecule has 2 aromatic heterocycles. The van der Waals surface area contributed by atoms with Crippen LogP contribution in [0.15, 0.2) is 71.7 Å². The monoisotopic (exact) mass is 378 g/mol. The Morgan fingerprint density at radius 1 is 0.885 bits per heavy atom. The van der Waals surface area contributed by atoms with Crippen molar-refractivity contribution in [2.45, 2.75) is 6.42 Å². The van der Waals surface area contributed by atoms with Gasteiger partial charge in [0.2, 0.25) is 10.6 Å². The van der Waals surface area contributed by atoms with Gasteiger partial charge in [0.25, 0.3) is 0 Å². The Labute approximate surface area is 158 Å². The van der Waals surface area contributed by atoms with E-state index in [0.29, 0.717) is 22.0 Å². The minimum atomic E-state index is -0.218. The van der Waals surface area contributed by atoms with Crippen molar-refractivity contribution in [3.8, 4) is 26.3 Å². The highest BCUT2D eigenvalue weighted by molar-refractivity contribution is 7.22. The van der Waals surface area contributed by atoms with Gasteiger partial charge in [-0.3, -0.25) is 4.79 Å². The van der Waals surface area contributed by atoms with Gasteiger partial charge in [0.1, 0.15) is 0 Å². The molecule has 0 saturated carbocycles. The number of hydrogen-bond acceptors (Lipinski definition) is 6. The second-order valence-electron chi connectivity index (χ2n) is 5.67. The predicted molar refractivity (Wildman–Crippen MR) is 106 cm³/mol. The average Bonchev–Trinajstić information content (AvgIpc) is 3.16. The first kappa shape index (κ1) is 16.6. The van der Waals surface area contributed by atoms with Crippen molar-refractivity contribution in [1.29, 1.82) is 0 Å². The van der Waals surface area contributed by atoms with Crippen molar-refractivity contribution in [2.75, 3.05) is 0 Å². The molecule has 0 amide bonds. The van der Waals surface area contributed by atoms with Crippen LogP contribution in [-0.2, 0) is 6.42 Å². The van der Waals surface area contributed by atoms with Gasteiger partial charge in [-0.2, -0.15) is 4.98 Å². The van der Waals surface area contributed by atoms with Crippen LogP contribution in [0.3, 0.4) is 0 Å². The Morgan fingerprint density at radius 2 is 1.58 bits per heavy atom. The minimum absolute atomic E-state index is 0.187. The van der Waals surface area contributed by atoms with E-state index in [2.05, 4.69) is 9.97 Å². The first-order valence-corrected chi connectivity index (χ1v) is 9.62. The van der Waals surface area contributed by atoms with Crippen LogP contribution in [0.4, 0.5) is 0 Å². The summed E-state index contributed by atoms with van der Waals surface area (Å²) in [6, 6.07) is 19.5. The number of rotatable bonds is 4. The number of benzene rings is 2. The maximum absolute atomic E-state index is 12.5. The molecule has 0 fully saturated rings. The van der Waals surface area contributed by atoms with Crippen molar-refractivity contribution < 1.29 is 5.11 Å². The van der Waals surface area contributed by atoms with Crippen molar-refractivity contribution in [1.82, 2.24) is 9.97 Å². The molecule has 0 aliphatic heterocycles. The van der Waals surface area contributed by atoms with Gasteiger partial charge in [-0.1, -0.05) is 72.0 Å². The van der Waals surface area contributed by atoms with Gasteiger partial charge < -0.3 is 5.11 Å². The molecule has 6 heteroatoms. The lowest BCUT2D eigenvalue weighted by Crippen LogP contribution is -2.07. The third-order valence-electron chi connectivity index (χ3n) is 3.88. The van der Waals surface area contributed by atoms with Crippen LogP contribution < -0.4 is 4.74 Å². The van der Waals surface area contributed by atoms with Crippen LogP contribution in [0.5, 0.6) is 5.88 Å². The molecule has 128 valence electrons. The number of nitrogens with zero attached hydrogens (tertiary/aromatic N) is 2. The number of hydrogen-bond donors (Lipinski definition) is 1. The molecule has 2 aromatic carbocycles. The van der Waals surface area contributed by atoms with E-state index in [9.17, 15) is 9.90 Å². The summed E-state index contributed by atoms with van der Waals surface area (Å²) in [7, 11) is 0. The van der Waals surface area contributed by atoms with E-state index >= 15 is 0 Å². The Balaban J connectivity index is 1.67. The van der Waals surface area contributed by atoms with E-state index in [-0.39, 0.29) is 10.6 Å². The molecule has 0 unspecified atom stereocenters. The molecule has 0 saturated heterocycles. The molecule has 4 rings (SSSR count). The van der Waals surface area contributed by atoms with E-state index in [1.165, 1.54) is 11.3 Å². The Hall–Kier alpha value is -2.83. The molecule has 0 aliphatic carbocycles. The van der Waals surface area contributed by atoms with Gasteiger partial charge in [-0.05, 0) is 11.1 Å². The molecule has 4 nitrogen and oxygen atoms in total. The van der Waals surface area contributed by atoms with E-state index in [4.69, 9.17) is 0 Å². The smallest absolute Gasteiger partial charge is 0.243 e. The van der Waals surface area contributed by atoms with Gasteiger partial charge in [0.05, 0.1) is 10.4 Å². The molecule has 2 heterocycles. The molecule has 4 aromatic rings. The van der Waals surface area contributed by atoms with Crippen molar-refractivity contribution >= 4 is 22.7 Å². The van der Waals surface area contributed by atoms with Crippen LogP contribution in [0, 0.1) is 0 Å². The molecule has 0 atom stereocenters. The lowest BCUT2D eigenvalue weighted by atomic mass is 10.1. The summed E-state index contributed by atoms with van der Waals surface area (Å²) in [4.78, 5) is 22.1. The SMILES string of the molecule is O=c1sc(-c2ncc(-c3ccccc3)s2)nc(O)c1Cc1ccccc1. The van der Waals surface area contributed by atoms with Crippen molar-refractivity contribution in [2.24, 2.45) is 0 Å². The Morgan fingerprint density at radius 3 is 2.27 bits per heavy atom. The zero-order chi connectivity index (χ0) is 17.9. The lowest BCUT2D eigenvalue weighted by molar-refractivity contribution is 0.448. The zero-order valence-electron chi connectivity index (χ0n) is 13.6. The number of aromatic nitrogens is 2. The maximum atomic E-state index is 12.5. The maximum Gasteiger partial charge on any atom is 0.243 e. The number of aromatic hydroxyl groups is 1. The minimum Gasteiger partial charge on any atom is -0.493 e. The van der Waals surface area contributed by atoms with Crippen LogP contribution in [-0.4, -0.2) is 15.1 Å². The van der Waals surface area contributed by atoms with Crippen LogP contribution in [0.2, 0.25) is 0 Å². The standard InChI is InChI=1S/C20H14N2O2S2/c23-17-15(11-13-7-3-1-4-8-13)20(24)26-19(22-17)18-21-12-16(25-18)14-9-5-2-6-10-14/h1-10,12,23H,11H2. The van der Waals surface area contributed by atoms with Gasteiger partial charge >= 0.3 is 0 Å². The van der Waals surface area contributed by atoms with Crippen molar-refractivity contribution in [3.05, 3.63) is 87.5 Å². The fourth-order valence-electron chi connectivity index (χ4n) is 2.58. The van der Waals surface area contributed by atoms with E-state index < -0.39 is 0 Å². The van der Waals surface area contributed by atoms with Gasteiger partial charge in [0, 0.05) is 12.6 Å². The summed E-state index contributed by atoms with van der Waals surface area (Å²) in [6.45, 7) is 0. The molecule has 0 radical (unpaired) electrons. The lowest BCUT2D eigenvalue weighted by Gasteiger charge is -2.04. The average molecular weight is 378 g/mol. The third-order valence-corrected chi connectivity index (χ3v) is 5.98. The van der Waals surface area contributed by atoms with Gasteiger partial charge in [-0.15, -0.1) is 11.3 Å². The van der Waals surface area contributed by atoms with Crippen LogP contribution in [0.25, 0.3) is 20.5 Å². The molecule has 1 N–H and O–H groups in total. The van der Waals surface area contributed by atoms with Gasteiger partial charge in [-0.25, -0.2) is 4.98 Å². The quantitative estimate of drug-likeness (QED) is 0.564. The zero-order valence-corrected chi connectivity index (χ0v) is 15.3. The summed E-state index contributed by atoms with van der Waals surface area (Å²) < 4.78 is -0.187. The molecular weight excluding hydrogens is 364 g/mol. The summed E-state index contributed by atoms with van der Waals surface area (Å²) >= 11 is 2.47. The summed E-state index contributed by atoms with van der Waals surface area (Å²) in [5.74, 6) is -0.218. The van der Waals surface area contributed by atoms with Crippen molar-refractivity contribution in [3.63, 3.8) is 0 Å². The normalized spacial score (nSPS) is 10.8. The summed E-state index contributed by atoms with van der Waals surface area (Å²) in [6.07, 6.45) is 2.13. The fourth-order valence-corrected chi connectivity index (χ4v) is 4.37. The second kappa shape index (κ2) is 7.19. The van der Waals surface area contributed by atoms with Gasteiger partial charge in [0.15, 0.2) is 10.0 Å². The Kier molecular flexibility index (Phi) is 4.60. The summed E-state index contributed by atoms with van der Waals surface area (Å²) in [5.41, 5.74) is 2.35. The highest BCUT2D eigenvalue weighted by Gasteiger charge is 2.15. The first-order chi connectivity index (χ1) is 12.7. The van der Waals surface area contributed by atoms with E-state index in [1.54, 1.807) is 6.20 Å². The third kappa shape index (κ3) is 3.42. The second-order valence-corrected chi connectivity index (χ2v) is 7.66. The highest BCUT2D eigenvalue weighted by Crippen LogP contribution is 2.33. The largest absolute Gasteiger partial charge is 0.493 e. The molecule has 0 bridgehead atoms. The summed E-state index contributed by atoms with van der Waals surface area (Å²) in [5, 5.41) is 11.4. The van der Waals surface area contributed by atoms with Crippen LogP contribution in [0.1, 0.15) is 11.1 Å². The molecule has 0 spiro atoms. The number of thiazole rings is 1. The molecule has 0 aliphatic rings. The topological polar surface area (TPSA) is 63.1 Å². The van der Waals surface area contributed by atoms with E-state index in [0.717, 1.165) is 27.3 Å². The highest BCUT2D eigenvalue weighted by atomic mass is 32.1. The molecular formula is C20H14N2O2S2. The Bertz CT molecular complexity index is 1090. The van der Waals surface area contributed by atoms with E-state index in [1.807, 2.05) is 60.7 Å². The molecule has 26 heavy (non-hydrogen) atoms. The first-order valence-electron chi connectivity index (χ1n) is 7.99. The predicted octanol–water partition coefficient (Wildman–Crippen LogP) is 4.59. The van der Waals surface area contributed by atoms with Crippen LogP contribution >= 0.6 is 22.7 Å².